The number of pyridine rings is 1. The summed E-state index contributed by atoms with van der Waals surface area (Å²) in [5.74, 6) is -0.669. The zero-order valence-electron chi connectivity index (χ0n) is 29.5. The largest absolute Gasteiger partial charge is 0.444 e. The van der Waals surface area contributed by atoms with E-state index in [9.17, 15) is 13.8 Å². The molecule has 9 nitrogen and oxygen atoms in total. The quantitative estimate of drug-likeness (QED) is 0.220. The minimum atomic E-state index is -1.52. The van der Waals surface area contributed by atoms with E-state index in [0.717, 1.165) is 24.8 Å². The van der Waals surface area contributed by atoms with E-state index in [1.54, 1.807) is 46.2 Å². The molecule has 1 aliphatic heterocycles. The number of likely N-dealkylation sites (tertiary alicyclic amines) is 1. The molecule has 1 aliphatic carbocycles. The third-order valence-electron chi connectivity index (χ3n) is 9.21. The molecular formula is C38H49FN4O5S. The van der Waals surface area contributed by atoms with Gasteiger partial charge in [-0.3, -0.25) is 14.7 Å². The van der Waals surface area contributed by atoms with E-state index < -0.39 is 56.3 Å². The van der Waals surface area contributed by atoms with Crippen LogP contribution in [0.5, 0.6) is 0 Å². The Morgan fingerprint density at radius 1 is 1.02 bits per heavy atom. The smallest absolute Gasteiger partial charge is 0.411 e. The van der Waals surface area contributed by atoms with Gasteiger partial charge in [0.15, 0.2) is 0 Å². The van der Waals surface area contributed by atoms with Gasteiger partial charge in [0, 0.05) is 19.7 Å². The summed E-state index contributed by atoms with van der Waals surface area (Å²) in [6.07, 6.45) is 4.84. The normalized spacial score (nSPS) is 21.6. The van der Waals surface area contributed by atoms with E-state index in [4.69, 9.17) is 14.5 Å². The lowest BCUT2D eigenvalue weighted by Crippen LogP contribution is -2.49. The molecule has 11 heteroatoms. The fourth-order valence-electron chi connectivity index (χ4n) is 6.27. The Morgan fingerprint density at radius 3 is 2.31 bits per heavy atom. The van der Waals surface area contributed by atoms with Crippen LogP contribution in [-0.2, 0) is 36.4 Å². The van der Waals surface area contributed by atoms with Crippen molar-refractivity contribution in [2.45, 2.75) is 101 Å². The van der Waals surface area contributed by atoms with Crippen LogP contribution in [0.4, 0.5) is 14.9 Å². The Kier molecular flexibility index (Phi) is 10.7. The summed E-state index contributed by atoms with van der Waals surface area (Å²) in [7, 11) is 0.0362. The van der Waals surface area contributed by atoms with Crippen LogP contribution in [0, 0.1) is 11.7 Å². The zero-order valence-corrected chi connectivity index (χ0v) is 30.4. The van der Waals surface area contributed by atoms with Crippen molar-refractivity contribution in [3.63, 3.8) is 0 Å². The maximum atomic E-state index is 15.7. The van der Waals surface area contributed by atoms with Crippen molar-refractivity contribution in [3.8, 4) is 0 Å². The van der Waals surface area contributed by atoms with E-state index in [0.29, 0.717) is 23.6 Å². The number of carbonyl (C=O) groups is 2. The molecule has 0 spiro atoms. The highest BCUT2D eigenvalue weighted by molar-refractivity contribution is 7.84. The zero-order chi connectivity index (χ0) is 35.6. The van der Waals surface area contributed by atoms with Gasteiger partial charge in [-0.2, -0.15) is 0 Å². The van der Waals surface area contributed by atoms with E-state index in [-0.39, 0.29) is 18.7 Å². The fraction of sp³-hybridized carbons (Fsp3) is 0.500. The highest BCUT2D eigenvalue weighted by Crippen LogP contribution is 2.43. The number of amides is 2. The number of hydrogen-bond acceptors (Lipinski definition) is 6. The van der Waals surface area contributed by atoms with Gasteiger partial charge in [0.2, 0.25) is 5.91 Å². The molecule has 3 aromatic rings. The first-order valence-electron chi connectivity index (χ1n) is 16.9. The molecule has 1 aromatic heterocycles. The van der Waals surface area contributed by atoms with Gasteiger partial charge in [0.1, 0.15) is 23.1 Å². The van der Waals surface area contributed by atoms with E-state index in [1.807, 2.05) is 69.3 Å². The number of aromatic nitrogens is 1. The molecule has 2 amide bonds. The first-order chi connectivity index (χ1) is 23.1. The van der Waals surface area contributed by atoms with Crippen molar-refractivity contribution in [3.05, 3.63) is 95.6 Å². The van der Waals surface area contributed by atoms with Gasteiger partial charge in [0.25, 0.3) is 0 Å². The Bertz CT molecular complexity index is 1660. The molecule has 0 radical (unpaired) electrons. The SMILES string of the molecule is CO[C@]1(c2ccccc2)C[C@H](C(=O)Nc2cc(C(CCC3CC3)(N[S@@](=O)C(C)(C)C)c3ccccn3)ccc2F)N(C(=O)OC(C)(C)C)C1. The lowest BCUT2D eigenvalue weighted by Gasteiger charge is -2.37. The number of anilines is 1. The maximum Gasteiger partial charge on any atom is 0.411 e. The predicted molar refractivity (Wildman–Crippen MR) is 190 cm³/mol. The summed E-state index contributed by atoms with van der Waals surface area (Å²) in [6, 6.07) is 18.5. The number of rotatable bonds is 11. The lowest BCUT2D eigenvalue weighted by atomic mass is 9.82. The highest BCUT2D eigenvalue weighted by Gasteiger charge is 2.51. The van der Waals surface area contributed by atoms with E-state index in [2.05, 4.69) is 10.0 Å². The number of benzene rings is 2. The third-order valence-corrected chi connectivity index (χ3v) is 10.9. The second kappa shape index (κ2) is 14.3. The van der Waals surface area contributed by atoms with Crippen molar-refractivity contribution in [2.24, 2.45) is 5.92 Å². The number of ether oxygens (including phenoxy) is 2. The van der Waals surface area contributed by atoms with Crippen LogP contribution in [0.15, 0.2) is 72.9 Å². The molecule has 1 saturated heterocycles. The van der Waals surface area contributed by atoms with E-state index >= 15 is 4.39 Å². The Balaban J connectivity index is 1.54. The average Bonchev–Trinajstić information content (AvgIpc) is 3.80. The molecule has 4 atom stereocenters. The molecule has 2 aromatic carbocycles. The van der Waals surface area contributed by atoms with Gasteiger partial charge in [-0.25, -0.2) is 18.1 Å². The van der Waals surface area contributed by atoms with Crippen LogP contribution < -0.4 is 10.0 Å². The predicted octanol–water partition coefficient (Wildman–Crippen LogP) is 7.20. The van der Waals surface area contributed by atoms with Crippen molar-refractivity contribution >= 4 is 28.7 Å². The monoisotopic (exact) mass is 692 g/mol. The molecule has 49 heavy (non-hydrogen) atoms. The minimum Gasteiger partial charge on any atom is -0.444 e. The summed E-state index contributed by atoms with van der Waals surface area (Å²) in [6.45, 7) is 11.0. The van der Waals surface area contributed by atoms with Gasteiger partial charge in [-0.15, -0.1) is 0 Å². The number of nitrogens with zero attached hydrogens (tertiary/aromatic N) is 2. The number of halogens is 1. The lowest BCUT2D eigenvalue weighted by molar-refractivity contribution is -0.120. The van der Waals surface area contributed by atoms with Crippen molar-refractivity contribution < 1.29 is 27.7 Å². The molecule has 2 N–H and O–H groups in total. The topological polar surface area (TPSA) is 110 Å². The maximum absolute atomic E-state index is 15.7. The Morgan fingerprint density at radius 2 is 1.71 bits per heavy atom. The summed E-state index contributed by atoms with van der Waals surface area (Å²) in [4.78, 5) is 33.8. The molecule has 1 saturated carbocycles. The Hall–Kier alpha value is -3.67. The number of hydrogen-bond donors (Lipinski definition) is 2. The summed E-state index contributed by atoms with van der Waals surface area (Å²) < 4.78 is 44.0. The summed E-state index contributed by atoms with van der Waals surface area (Å²) in [5, 5.41) is 2.79. The second-order valence-electron chi connectivity index (χ2n) is 15.2. The molecule has 2 aliphatic rings. The third kappa shape index (κ3) is 8.38. The summed E-state index contributed by atoms with van der Waals surface area (Å²) in [5.41, 5.74) is -0.815. The van der Waals surface area contributed by atoms with Crippen LogP contribution in [-0.4, -0.2) is 56.1 Å². The molecule has 1 unspecified atom stereocenters. The van der Waals surface area contributed by atoms with Gasteiger partial charge >= 0.3 is 6.09 Å². The first kappa shape index (κ1) is 36.6. The minimum absolute atomic E-state index is 0.0589. The number of carbonyl (C=O) groups excluding carboxylic acids is 2. The molecule has 2 fully saturated rings. The first-order valence-corrected chi connectivity index (χ1v) is 18.0. The van der Waals surface area contributed by atoms with Crippen LogP contribution in [0.2, 0.25) is 0 Å². The van der Waals surface area contributed by atoms with Crippen LogP contribution in [0.25, 0.3) is 0 Å². The van der Waals surface area contributed by atoms with Gasteiger partial charge in [0.05, 0.1) is 39.2 Å². The van der Waals surface area contributed by atoms with Gasteiger partial charge < -0.3 is 14.8 Å². The van der Waals surface area contributed by atoms with Crippen molar-refractivity contribution in [1.29, 1.82) is 0 Å². The molecule has 5 rings (SSSR count). The number of methoxy groups -OCH3 is 1. The molecule has 2 heterocycles. The van der Waals surface area contributed by atoms with Crippen molar-refractivity contribution in [1.82, 2.24) is 14.6 Å². The van der Waals surface area contributed by atoms with Crippen molar-refractivity contribution in [2.75, 3.05) is 19.0 Å². The number of nitrogens with one attached hydrogen (secondary N) is 2. The standard InChI is InChI=1S/C38H49FN4O5S/c1-35(2,3)48-34(45)43-25-37(47-7,27-13-9-8-10-14-27)24-31(43)33(44)41-30-23-28(18-19-29(30)39)38(21-20-26-16-17-26,32-15-11-12-22-40-32)42-49(46)36(4,5)6/h8-15,18-19,22-23,26,31,42H,16-17,20-21,24-25H2,1-7H3,(H,41,44)/t31-,37-,38?,49+/m1/s1. The van der Waals surface area contributed by atoms with Crippen LogP contribution in [0.1, 0.15) is 90.5 Å². The highest BCUT2D eigenvalue weighted by atomic mass is 32.2. The summed E-state index contributed by atoms with van der Waals surface area (Å²) >= 11 is 0. The Labute approximate surface area is 292 Å². The molecule has 264 valence electrons. The van der Waals surface area contributed by atoms with Gasteiger partial charge in [-0.05, 0) is 95.7 Å². The van der Waals surface area contributed by atoms with Crippen LogP contribution >= 0.6 is 0 Å². The fourth-order valence-corrected chi connectivity index (χ4v) is 7.22. The molecular weight excluding hydrogens is 644 g/mol. The second-order valence-corrected chi connectivity index (χ2v) is 17.1. The van der Waals surface area contributed by atoms with E-state index in [1.165, 1.54) is 11.0 Å². The van der Waals surface area contributed by atoms with Crippen LogP contribution in [0.3, 0.4) is 0 Å². The molecule has 0 bridgehead atoms. The van der Waals surface area contributed by atoms with Gasteiger partial charge in [-0.1, -0.05) is 55.3 Å². The average molecular weight is 693 g/mol.